The van der Waals surface area contributed by atoms with Crippen LogP contribution in [0.3, 0.4) is 0 Å². The molecule has 3 heteroatoms. The molecule has 21 rings (SSSR count). The molecule has 0 unspecified atom stereocenters. The molecule has 16 aromatic carbocycles. The first-order valence-corrected chi connectivity index (χ1v) is 37.5. The van der Waals surface area contributed by atoms with E-state index in [2.05, 4.69) is 401 Å². The fraction of sp³-hybridized carbons (Fsp3) is 0.0588. The number of benzene rings is 16. The van der Waals surface area contributed by atoms with Gasteiger partial charge in [0, 0.05) is 54.3 Å². The Morgan fingerprint density at radius 1 is 0.210 bits per heavy atom. The Morgan fingerprint density at radius 3 is 1.06 bits per heavy atom. The third kappa shape index (κ3) is 8.77. The Morgan fingerprint density at radius 2 is 0.552 bits per heavy atom. The summed E-state index contributed by atoms with van der Waals surface area (Å²) in [6.07, 6.45) is 0. The lowest BCUT2D eigenvalue weighted by molar-refractivity contribution is 0.766. The first-order chi connectivity index (χ1) is 51.8. The fourth-order valence-corrected chi connectivity index (χ4v) is 20.4. The van der Waals surface area contributed by atoms with Crippen molar-refractivity contribution in [2.24, 2.45) is 0 Å². The molecule has 2 nitrogen and oxygen atoms in total. The average molecular weight is 1360 g/mol. The number of nitrogens with zero attached hydrogens (tertiary/aromatic N) is 2. The molecule has 0 bridgehead atoms. The fourth-order valence-electron chi connectivity index (χ4n) is 19.3. The molecule has 0 atom stereocenters. The van der Waals surface area contributed by atoms with Crippen molar-refractivity contribution in [1.29, 1.82) is 0 Å². The van der Waals surface area contributed by atoms with Crippen molar-refractivity contribution in [3.63, 3.8) is 0 Å². The lowest BCUT2D eigenvalue weighted by atomic mass is 9.67. The van der Waals surface area contributed by atoms with Gasteiger partial charge in [0.15, 0.2) is 0 Å². The maximum Gasteiger partial charge on any atom is 0.0725 e. The van der Waals surface area contributed by atoms with Crippen LogP contribution in [0.2, 0.25) is 0 Å². The van der Waals surface area contributed by atoms with Crippen LogP contribution in [-0.2, 0) is 16.2 Å². The van der Waals surface area contributed by atoms with Gasteiger partial charge in [-0.05, 0) is 234 Å². The van der Waals surface area contributed by atoms with Crippen LogP contribution in [-0.4, -0.2) is 0 Å². The molecule has 0 aliphatic heterocycles. The van der Waals surface area contributed by atoms with Gasteiger partial charge in [-0.25, -0.2) is 0 Å². The number of hydrogen-bond acceptors (Lipinski definition) is 3. The summed E-state index contributed by atoms with van der Waals surface area (Å²) < 4.78 is 2.58. The highest BCUT2D eigenvalue weighted by Crippen LogP contribution is 2.65. The van der Waals surface area contributed by atoms with E-state index in [4.69, 9.17) is 0 Å². The van der Waals surface area contributed by atoms with Crippen molar-refractivity contribution in [2.75, 3.05) is 9.80 Å². The summed E-state index contributed by atoms with van der Waals surface area (Å²) in [7, 11) is 0. The predicted octanol–water partition coefficient (Wildman–Crippen LogP) is 26.7. The van der Waals surface area contributed by atoms with Crippen molar-refractivity contribution < 1.29 is 0 Å². The molecule has 0 saturated carbocycles. The standard InChI is InChI=1S/C102H70N2S/c1-65-40-51-83-85-54-47-77(63-96(85)100(94(83)58-65,69-24-8-4-9-25-69)70-26-10-5-11-27-70)104(78-48-55-86-84-52-41-66(2)59-95(84)101(97(86)64-78,71-28-12-6-13-29-71)72-30-14-7-15-31-72)74-46-53-79(67(3)60-74)68-42-44-73(45-43-68)103(76-50-57-99-89(62-76)87-35-19-23-39-98(87)105-99)75-49-56-93-88(61-75)82-34-18-22-38-92(82)102(93)90-36-20-16-32-80(90)81-33-17-21-37-91(81)102/h4-64H,1-3H3. The Labute approximate surface area is 617 Å². The van der Waals surface area contributed by atoms with E-state index in [1.165, 1.54) is 154 Å². The normalized spacial score (nSPS) is 13.9. The van der Waals surface area contributed by atoms with Crippen molar-refractivity contribution >= 4 is 65.6 Å². The quantitative estimate of drug-likeness (QED) is 0.127. The minimum atomic E-state index is -0.606. The van der Waals surface area contributed by atoms with Gasteiger partial charge in [0.25, 0.3) is 0 Å². The van der Waals surface area contributed by atoms with Gasteiger partial charge in [-0.3, -0.25) is 0 Å². The van der Waals surface area contributed by atoms with E-state index in [-0.39, 0.29) is 0 Å². The highest BCUT2D eigenvalue weighted by atomic mass is 32.1. The van der Waals surface area contributed by atoms with Crippen molar-refractivity contribution in [3.05, 3.63) is 454 Å². The number of hydrogen-bond donors (Lipinski definition) is 0. The second-order valence-electron chi connectivity index (χ2n) is 29.1. The van der Waals surface area contributed by atoms with Crippen molar-refractivity contribution in [3.8, 4) is 55.6 Å². The summed E-state index contributed by atoms with van der Waals surface area (Å²) in [5, 5.41) is 2.55. The predicted molar refractivity (Wildman–Crippen MR) is 439 cm³/mol. The zero-order chi connectivity index (χ0) is 69.7. The van der Waals surface area contributed by atoms with Crippen molar-refractivity contribution in [1.82, 2.24) is 0 Å². The second-order valence-corrected chi connectivity index (χ2v) is 30.2. The lowest BCUT2D eigenvalue weighted by Gasteiger charge is -2.36. The molecular weight excluding hydrogens is 1290 g/mol. The van der Waals surface area contributed by atoms with Gasteiger partial charge in [0.2, 0.25) is 0 Å². The van der Waals surface area contributed by atoms with Crippen LogP contribution >= 0.6 is 11.3 Å². The van der Waals surface area contributed by atoms with Gasteiger partial charge in [0.05, 0.1) is 16.2 Å². The van der Waals surface area contributed by atoms with E-state index in [1.807, 2.05) is 11.3 Å². The topological polar surface area (TPSA) is 6.48 Å². The van der Waals surface area contributed by atoms with E-state index in [9.17, 15) is 0 Å². The summed E-state index contributed by atoms with van der Waals surface area (Å²) >= 11 is 1.86. The SMILES string of the molecule is Cc1ccc2c(c1)C(c1ccccc1)(c1ccccc1)c1cc(N(c3ccc(-c4ccc(N(c5ccc6c(c5)-c5ccccc5C65c6ccccc6-c6ccccc65)c5ccc6sc7ccccc7c6c5)cc4)c(C)c3)c3ccc4c(c3)C(c3ccccc3)(c3ccccc3)c3cc(C)ccc3-4)ccc1-2. The van der Waals surface area contributed by atoms with E-state index < -0.39 is 16.2 Å². The van der Waals surface area contributed by atoms with Crippen LogP contribution in [0.5, 0.6) is 0 Å². The number of rotatable bonds is 11. The third-order valence-electron chi connectivity index (χ3n) is 23.7. The second kappa shape index (κ2) is 23.4. The summed E-state index contributed by atoms with van der Waals surface area (Å²) in [5.41, 5.74) is 36.5. The Balaban J connectivity index is 0.733. The Kier molecular flexibility index (Phi) is 13.6. The molecule has 0 amide bonds. The molecule has 0 radical (unpaired) electrons. The molecule has 0 N–H and O–H groups in total. The minimum absolute atomic E-state index is 0.434. The molecule has 1 aromatic heterocycles. The van der Waals surface area contributed by atoms with Crippen LogP contribution in [0, 0.1) is 20.8 Å². The van der Waals surface area contributed by atoms with Gasteiger partial charge in [0.1, 0.15) is 0 Å². The minimum Gasteiger partial charge on any atom is -0.310 e. The monoisotopic (exact) mass is 1350 g/mol. The van der Waals surface area contributed by atoms with Crippen LogP contribution in [0.4, 0.5) is 34.1 Å². The first kappa shape index (κ1) is 61.0. The zero-order valence-corrected chi connectivity index (χ0v) is 59.3. The van der Waals surface area contributed by atoms with E-state index in [1.54, 1.807) is 0 Å². The number of fused-ring (bicyclic) bond motifs is 19. The smallest absolute Gasteiger partial charge is 0.0725 e. The molecule has 4 aliphatic carbocycles. The molecule has 494 valence electrons. The van der Waals surface area contributed by atoms with Crippen LogP contribution in [0.15, 0.2) is 370 Å². The van der Waals surface area contributed by atoms with Gasteiger partial charge in [-0.1, -0.05) is 296 Å². The largest absolute Gasteiger partial charge is 0.310 e. The van der Waals surface area contributed by atoms with Crippen LogP contribution in [0.1, 0.15) is 83.5 Å². The highest BCUT2D eigenvalue weighted by molar-refractivity contribution is 7.25. The number of aryl methyl sites for hydroxylation is 3. The van der Waals surface area contributed by atoms with Gasteiger partial charge in [-0.2, -0.15) is 0 Å². The molecule has 0 fully saturated rings. The molecule has 1 spiro atoms. The van der Waals surface area contributed by atoms with Crippen molar-refractivity contribution in [2.45, 2.75) is 37.0 Å². The van der Waals surface area contributed by atoms with Gasteiger partial charge in [-0.15, -0.1) is 11.3 Å². The summed E-state index contributed by atoms with van der Waals surface area (Å²) in [6.45, 7) is 6.76. The molecule has 1 heterocycles. The van der Waals surface area contributed by atoms with Crippen LogP contribution < -0.4 is 9.80 Å². The van der Waals surface area contributed by atoms with E-state index in [0.717, 1.165) is 39.7 Å². The molecule has 105 heavy (non-hydrogen) atoms. The number of thiophene rings is 1. The highest BCUT2D eigenvalue weighted by Gasteiger charge is 2.53. The maximum atomic E-state index is 2.54. The van der Waals surface area contributed by atoms with E-state index >= 15 is 0 Å². The Hall–Kier alpha value is -12.7. The third-order valence-corrected chi connectivity index (χ3v) is 24.8. The number of anilines is 6. The zero-order valence-electron chi connectivity index (χ0n) is 58.5. The summed E-state index contributed by atoms with van der Waals surface area (Å²) in [6, 6.07) is 141. The molecule has 4 aliphatic rings. The van der Waals surface area contributed by atoms with Crippen LogP contribution in [0.25, 0.3) is 75.8 Å². The molecule has 0 saturated heterocycles. The van der Waals surface area contributed by atoms with Gasteiger partial charge < -0.3 is 9.80 Å². The summed E-state index contributed by atoms with van der Waals surface area (Å²) in [5.74, 6) is 0. The molecule has 17 aromatic rings. The van der Waals surface area contributed by atoms with Gasteiger partial charge >= 0.3 is 0 Å². The first-order valence-electron chi connectivity index (χ1n) is 36.7. The summed E-state index contributed by atoms with van der Waals surface area (Å²) in [4.78, 5) is 5.02. The Bertz CT molecular complexity index is 6070. The lowest BCUT2D eigenvalue weighted by Crippen LogP contribution is -2.29. The molecular formula is C102H70N2S. The average Bonchev–Trinajstić information content (AvgIpc) is 1.51. The maximum absolute atomic E-state index is 2.54. The van der Waals surface area contributed by atoms with E-state index in [0.29, 0.717) is 0 Å².